The molecule has 1 aliphatic heterocycles. The first kappa shape index (κ1) is 32.0. The number of hydrogen-bond acceptors (Lipinski definition) is 4. The highest BCUT2D eigenvalue weighted by molar-refractivity contribution is 6.06. The van der Waals surface area contributed by atoms with Gasteiger partial charge in [-0.3, -0.25) is 14.4 Å². The fourth-order valence-corrected chi connectivity index (χ4v) is 6.91. The van der Waals surface area contributed by atoms with Crippen molar-refractivity contribution in [3.63, 3.8) is 0 Å². The molecule has 47 heavy (non-hydrogen) atoms. The smallest absolute Gasteiger partial charge is 0.254 e. The molecule has 0 aromatic heterocycles. The summed E-state index contributed by atoms with van der Waals surface area (Å²) in [6.45, 7) is 2.34. The van der Waals surface area contributed by atoms with Crippen molar-refractivity contribution in [2.24, 2.45) is 23.5 Å². The lowest BCUT2D eigenvalue weighted by atomic mass is 9.73. The lowest BCUT2D eigenvalue weighted by molar-refractivity contribution is -0.136. The van der Waals surface area contributed by atoms with Gasteiger partial charge in [-0.15, -0.1) is 0 Å². The van der Waals surface area contributed by atoms with Crippen LogP contribution < -0.4 is 20.7 Å². The molecule has 0 bridgehead atoms. The van der Waals surface area contributed by atoms with Crippen molar-refractivity contribution in [3.8, 4) is 22.6 Å². The van der Waals surface area contributed by atoms with Gasteiger partial charge in [0.25, 0.3) is 5.91 Å². The number of ether oxygens (including phenoxy) is 1. The van der Waals surface area contributed by atoms with E-state index >= 15 is 0 Å². The second-order valence-electron chi connectivity index (χ2n) is 12.8. The van der Waals surface area contributed by atoms with E-state index in [-0.39, 0.29) is 18.4 Å². The molecule has 4 aromatic carbocycles. The van der Waals surface area contributed by atoms with E-state index in [9.17, 15) is 14.4 Å². The molecule has 242 valence electrons. The van der Waals surface area contributed by atoms with Crippen LogP contribution >= 0.6 is 0 Å². The van der Waals surface area contributed by atoms with E-state index in [0.717, 1.165) is 65.8 Å². The van der Waals surface area contributed by atoms with Gasteiger partial charge in [-0.2, -0.15) is 0 Å². The molecule has 1 saturated carbocycles. The highest BCUT2D eigenvalue weighted by atomic mass is 16.5. The van der Waals surface area contributed by atoms with Gasteiger partial charge in [0, 0.05) is 17.4 Å². The molecular weight excluding hydrogens is 586 g/mol. The van der Waals surface area contributed by atoms with Gasteiger partial charge >= 0.3 is 0 Å². The van der Waals surface area contributed by atoms with Crippen LogP contribution in [0.4, 0.5) is 5.69 Å². The van der Waals surface area contributed by atoms with Gasteiger partial charge in [0.15, 0.2) is 0 Å². The van der Waals surface area contributed by atoms with Crippen LogP contribution in [0.1, 0.15) is 69.0 Å². The maximum absolute atomic E-state index is 14.8. The Morgan fingerprint density at radius 1 is 0.872 bits per heavy atom. The Morgan fingerprint density at radius 3 is 2.30 bits per heavy atom. The lowest BCUT2D eigenvalue weighted by Crippen LogP contribution is -2.47. The van der Waals surface area contributed by atoms with Gasteiger partial charge in [-0.1, -0.05) is 112 Å². The molecule has 1 heterocycles. The number of hydrogen-bond donors (Lipinski definition) is 2. The summed E-state index contributed by atoms with van der Waals surface area (Å²) < 4.78 is 6.10. The monoisotopic (exact) mass is 629 g/mol. The molecule has 0 saturated heterocycles. The number of carbonyl (C=O) groups excluding carboxylic acids is 3. The van der Waals surface area contributed by atoms with E-state index in [1.807, 2.05) is 103 Å². The first-order valence-electron chi connectivity index (χ1n) is 16.8. The average Bonchev–Trinajstić information content (AvgIpc) is 3.15. The van der Waals surface area contributed by atoms with Gasteiger partial charge in [0.2, 0.25) is 11.8 Å². The van der Waals surface area contributed by atoms with Crippen LogP contribution in [0, 0.1) is 17.8 Å². The minimum atomic E-state index is -0.946. The number of fused-ring (bicyclic) bond motifs is 3. The number of rotatable bonds is 13. The Bertz CT molecular complexity index is 1720. The van der Waals surface area contributed by atoms with Crippen LogP contribution in [0.2, 0.25) is 0 Å². The number of amides is 3. The Labute approximate surface area is 277 Å². The number of nitrogens with two attached hydrogens (primary N) is 1. The molecule has 1 aliphatic carbocycles. The minimum Gasteiger partial charge on any atom is -0.457 e. The van der Waals surface area contributed by atoms with Gasteiger partial charge in [-0.05, 0) is 65.8 Å². The molecule has 0 radical (unpaired) electrons. The predicted octanol–water partition coefficient (Wildman–Crippen LogP) is 7.95. The molecule has 6 rings (SSSR count). The van der Waals surface area contributed by atoms with E-state index in [1.54, 1.807) is 4.90 Å². The number of para-hydroxylation sites is 2. The Hall–Kier alpha value is -4.91. The molecule has 3 atom stereocenters. The third-order valence-electron chi connectivity index (χ3n) is 9.64. The van der Waals surface area contributed by atoms with E-state index in [0.29, 0.717) is 24.5 Å². The van der Waals surface area contributed by atoms with Gasteiger partial charge in [-0.25, -0.2) is 0 Å². The first-order chi connectivity index (χ1) is 22.9. The van der Waals surface area contributed by atoms with Crippen molar-refractivity contribution in [1.82, 2.24) is 5.32 Å². The number of anilines is 1. The molecule has 4 aromatic rings. The topological polar surface area (TPSA) is 102 Å². The summed E-state index contributed by atoms with van der Waals surface area (Å²) in [6, 6.07) is 32.0. The number of benzene rings is 4. The number of primary amides is 1. The standard InChI is InChI=1S/C40H43N3O4/c1-2-3-19-34(38(41)44)35(25-27-13-11-14-27)39(45)42-37-33-22-8-7-20-31(33)32-21-9-10-23-36(32)43(40(37)46)26-28-15-12-18-30(24-28)47-29-16-5-4-6-17-29/h4-10,12,15-18,20-24,27,34-35,37H,2-3,11,13-14,19,25-26H2,1H3,(H2,41,44)(H,42,45). The predicted molar refractivity (Wildman–Crippen MR) is 185 cm³/mol. The fraction of sp³-hybridized carbons (Fsp3) is 0.325. The number of nitrogens with one attached hydrogen (secondary N) is 1. The summed E-state index contributed by atoms with van der Waals surface area (Å²) in [5.41, 5.74) is 10.1. The number of unbranched alkanes of at least 4 members (excludes halogenated alkanes) is 1. The maximum atomic E-state index is 14.8. The van der Waals surface area contributed by atoms with Crippen LogP contribution in [-0.2, 0) is 20.9 Å². The quantitative estimate of drug-likeness (QED) is 0.157. The highest BCUT2D eigenvalue weighted by Gasteiger charge is 2.40. The van der Waals surface area contributed by atoms with Crippen molar-refractivity contribution in [1.29, 1.82) is 0 Å². The molecule has 7 heteroatoms. The zero-order chi connectivity index (χ0) is 32.8. The van der Waals surface area contributed by atoms with Gasteiger partial charge in [0.1, 0.15) is 17.5 Å². The average molecular weight is 630 g/mol. The Balaban J connectivity index is 1.35. The van der Waals surface area contributed by atoms with E-state index in [4.69, 9.17) is 10.5 Å². The van der Waals surface area contributed by atoms with Crippen LogP contribution in [0.25, 0.3) is 11.1 Å². The van der Waals surface area contributed by atoms with Gasteiger partial charge in [0.05, 0.1) is 12.2 Å². The SMILES string of the molecule is CCCCC(C(N)=O)C(CC1CCC1)C(=O)NC1C(=O)N(Cc2cccc(Oc3ccccc3)c2)c2ccccc2-c2ccccc21. The third kappa shape index (κ3) is 7.25. The highest BCUT2D eigenvalue weighted by Crippen LogP contribution is 2.42. The zero-order valence-electron chi connectivity index (χ0n) is 26.9. The van der Waals surface area contributed by atoms with Crippen LogP contribution in [0.15, 0.2) is 103 Å². The summed E-state index contributed by atoms with van der Waals surface area (Å²) in [7, 11) is 0. The van der Waals surface area contributed by atoms with Crippen molar-refractivity contribution >= 4 is 23.4 Å². The summed E-state index contributed by atoms with van der Waals surface area (Å²) >= 11 is 0. The molecule has 3 amide bonds. The number of carbonyl (C=O) groups is 3. The van der Waals surface area contributed by atoms with E-state index in [1.165, 1.54) is 0 Å². The van der Waals surface area contributed by atoms with Crippen LogP contribution in [0.3, 0.4) is 0 Å². The Morgan fingerprint density at radius 2 is 1.57 bits per heavy atom. The zero-order valence-corrected chi connectivity index (χ0v) is 26.9. The normalized spacial score (nSPS) is 17.0. The van der Waals surface area contributed by atoms with Crippen LogP contribution in [-0.4, -0.2) is 17.7 Å². The molecule has 7 nitrogen and oxygen atoms in total. The summed E-state index contributed by atoms with van der Waals surface area (Å²) in [4.78, 5) is 43.6. The van der Waals surface area contributed by atoms with Crippen molar-refractivity contribution in [3.05, 3.63) is 114 Å². The summed E-state index contributed by atoms with van der Waals surface area (Å²) in [5.74, 6) is -0.354. The molecular formula is C40H43N3O4. The molecule has 0 spiro atoms. The molecule has 3 unspecified atom stereocenters. The van der Waals surface area contributed by atoms with E-state index < -0.39 is 23.8 Å². The summed E-state index contributed by atoms with van der Waals surface area (Å²) in [6.07, 6.45) is 6.10. The minimum absolute atomic E-state index is 0.239. The van der Waals surface area contributed by atoms with E-state index in [2.05, 4.69) is 12.2 Å². The van der Waals surface area contributed by atoms with Crippen LogP contribution in [0.5, 0.6) is 11.5 Å². The Kier molecular flexibility index (Phi) is 10.0. The molecule has 2 aliphatic rings. The largest absolute Gasteiger partial charge is 0.457 e. The van der Waals surface area contributed by atoms with Crippen molar-refractivity contribution in [2.75, 3.05) is 4.90 Å². The second kappa shape index (κ2) is 14.7. The second-order valence-corrected chi connectivity index (χ2v) is 12.8. The molecule has 1 fully saturated rings. The number of nitrogens with zero attached hydrogens (tertiary/aromatic N) is 1. The molecule has 3 N–H and O–H groups in total. The first-order valence-corrected chi connectivity index (χ1v) is 16.8. The fourth-order valence-electron chi connectivity index (χ4n) is 6.91. The van der Waals surface area contributed by atoms with Gasteiger partial charge < -0.3 is 20.7 Å². The third-order valence-corrected chi connectivity index (χ3v) is 9.64. The lowest BCUT2D eigenvalue weighted by Gasteiger charge is -2.33. The summed E-state index contributed by atoms with van der Waals surface area (Å²) in [5, 5.41) is 3.16. The van der Waals surface area contributed by atoms with Crippen molar-refractivity contribution < 1.29 is 19.1 Å². The maximum Gasteiger partial charge on any atom is 0.254 e. The van der Waals surface area contributed by atoms with Crippen molar-refractivity contribution in [2.45, 2.75) is 64.5 Å².